The van der Waals surface area contributed by atoms with Crippen LogP contribution in [0.3, 0.4) is 0 Å². The van der Waals surface area contributed by atoms with Crippen LogP contribution in [0.2, 0.25) is 0 Å². The van der Waals surface area contributed by atoms with Crippen molar-refractivity contribution < 1.29 is 24.5 Å². The molecule has 4 N–H and O–H groups in total. The van der Waals surface area contributed by atoms with Crippen molar-refractivity contribution in [2.75, 3.05) is 0 Å². The van der Waals surface area contributed by atoms with Crippen molar-refractivity contribution in [2.24, 2.45) is 0 Å². The molecular formula is C12H13O5P. The summed E-state index contributed by atoms with van der Waals surface area (Å²) in [7, 11) is -2.28. The highest BCUT2D eigenvalue weighted by atomic mass is 31.2. The molecule has 0 fully saturated rings. The Kier molecular flexibility index (Phi) is 5.94. The average Bonchev–Trinajstić information content (AvgIpc) is 2.34. The molecule has 0 atom stereocenters. The maximum absolute atomic E-state index is 8.67. The van der Waals surface area contributed by atoms with Crippen LogP contribution in [0.15, 0.2) is 54.6 Å². The summed E-state index contributed by atoms with van der Waals surface area (Å²) in [6.07, 6.45) is 0. The fourth-order valence-corrected chi connectivity index (χ4v) is 1.35. The van der Waals surface area contributed by atoms with E-state index in [2.05, 4.69) is 4.52 Å². The zero-order chi connectivity index (χ0) is 13.4. The van der Waals surface area contributed by atoms with Gasteiger partial charge in [-0.3, -0.25) is 0 Å². The quantitative estimate of drug-likeness (QED) is 0.496. The van der Waals surface area contributed by atoms with Crippen LogP contribution in [-0.4, -0.2) is 20.0 Å². The van der Waals surface area contributed by atoms with Crippen molar-refractivity contribution in [3.05, 3.63) is 54.6 Å². The predicted octanol–water partition coefficient (Wildman–Crippen LogP) is 2.37. The van der Waals surface area contributed by atoms with E-state index in [0.717, 1.165) is 0 Å². The van der Waals surface area contributed by atoms with Crippen LogP contribution in [0.1, 0.15) is 0 Å². The molecule has 0 aliphatic rings. The molecule has 0 radical (unpaired) electrons. The van der Waals surface area contributed by atoms with E-state index >= 15 is 0 Å². The third-order valence-electron chi connectivity index (χ3n) is 1.81. The Morgan fingerprint density at radius 1 is 0.722 bits per heavy atom. The summed E-state index contributed by atoms with van der Waals surface area (Å²) in [6, 6.07) is 14.8. The highest BCUT2D eigenvalue weighted by molar-refractivity contribution is 7.39. The molecule has 0 aliphatic heterocycles. The van der Waals surface area contributed by atoms with E-state index in [1.54, 1.807) is 36.4 Å². The lowest BCUT2D eigenvalue weighted by Gasteiger charge is -2.02. The SMILES string of the molecule is OP(O)Oc1ccccc1.Oc1ccccc1O. The van der Waals surface area contributed by atoms with E-state index in [1.807, 2.05) is 6.07 Å². The van der Waals surface area contributed by atoms with Gasteiger partial charge in [0.25, 0.3) is 0 Å². The van der Waals surface area contributed by atoms with Gasteiger partial charge in [0.2, 0.25) is 0 Å². The van der Waals surface area contributed by atoms with Gasteiger partial charge >= 0.3 is 8.60 Å². The molecule has 0 aromatic heterocycles. The highest BCUT2D eigenvalue weighted by Gasteiger charge is 1.99. The van der Waals surface area contributed by atoms with Gasteiger partial charge in [-0.25, -0.2) is 0 Å². The first-order valence-corrected chi connectivity index (χ1v) is 6.14. The first kappa shape index (κ1) is 14.3. The predicted molar refractivity (Wildman–Crippen MR) is 68.2 cm³/mol. The molecule has 0 amide bonds. The lowest BCUT2D eigenvalue weighted by molar-refractivity contribution is 0.375. The largest absolute Gasteiger partial charge is 0.504 e. The van der Waals surface area contributed by atoms with Gasteiger partial charge in [-0.15, -0.1) is 0 Å². The summed E-state index contributed by atoms with van der Waals surface area (Å²) in [4.78, 5) is 16.8. The van der Waals surface area contributed by atoms with E-state index < -0.39 is 8.60 Å². The van der Waals surface area contributed by atoms with Crippen molar-refractivity contribution >= 4 is 8.60 Å². The number of rotatable bonds is 2. The number of hydrogen-bond acceptors (Lipinski definition) is 5. The topological polar surface area (TPSA) is 90.2 Å². The van der Waals surface area contributed by atoms with Gasteiger partial charge in [0.15, 0.2) is 11.5 Å². The third-order valence-corrected chi connectivity index (χ3v) is 2.19. The zero-order valence-corrected chi connectivity index (χ0v) is 10.2. The fourth-order valence-electron chi connectivity index (χ4n) is 1.04. The van der Waals surface area contributed by atoms with Crippen molar-refractivity contribution in [3.8, 4) is 17.2 Å². The number of aromatic hydroxyl groups is 2. The van der Waals surface area contributed by atoms with Crippen LogP contribution < -0.4 is 4.52 Å². The minimum absolute atomic E-state index is 0.0764. The van der Waals surface area contributed by atoms with Gasteiger partial charge in [0.05, 0.1) is 0 Å². The van der Waals surface area contributed by atoms with Crippen LogP contribution in [0.25, 0.3) is 0 Å². The van der Waals surface area contributed by atoms with E-state index in [1.165, 1.54) is 12.1 Å². The molecular weight excluding hydrogens is 255 g/mol. The molecule has 18 heavy (non-hydrogen) atoms. The standard InChI is InChI=1S/C6H7O3P.C6H6O2/c7-10(8)9-6-4-2-1-3-5-6;7-5-3-1-2-4-6(5)8/h1-5,7-8H;1-4,7-8H. The monoisotopic (exact) mass is 268 g/mol. The molecule has 2 rings (SSSR count). The number of phenols is 2. The van der Waals surface area contributed by atoms with E-state index in [0.29, 0.717) is 5.75 Å². The summed E-state index contributed by atoms with van der Waals surface area (Å²) < 4.78 is 4.59. The van der Waals surface area contributed by atoms with E-state index in [4.69, 9.17) is 20.0 Å². The van der Waals surface area contributed by atoms with Gasteiger partial charge in [0, 0.05) is 0 Å². The molecule has 0 saturated heterocycles. The first-order chi connectivity index (χ1) is 8.59. The molecule has 0 bridgehead atoms. The van der Waals surface area contributed by atoms with Crippen LogP contribution in [0.5, 0.6) is 17.2 Å². The third kappa shape index (κ3) is 5.50. The molecule has 0 heterocycles. The van der Waals surface area contributed by atoms with Crippen LogP contribution >= 0.6 is 8.60 Å². The summed E-state index contributed by atoms with van der Waals surface area (Å²) >= 11 is 0. The van der Waals surface area contributed by atoms with Crippen LogP contribution in [0.4, 0.5) is 0 Å². The molecule has 2 aromatic carbocycles. The summed E-state index contributed by atoms with van der Waals surface area (Å²) in [5, 5.41) is 17.3. The molecule has 96 valence electrons. The second-order valence-electron chi connectivity index (χ2n) is 3.15. The molecule has 0 aliphatic carbocycles. The van der Waals surface area contributed by atoms with Crippen molar-refractivity contribution in [1.29, 1.82) is 0 Å². The van der Waals surface area contributed by atoms with Gasteiger partial charge < -0.3 is 24.5 Å². The van der Waals surface area contributed by atoms with Crippen LogP contribution in [-0.2, 0) is 0 Å². The highest BCUT2D eigenvalue weighted by Crippen LogP contribution is 2.27. The number of para-hydroxylation sites is 3. The Morgan fingerprint density at radius 2 is 1.17 bits per heavy atom. The molecule has 6 heteroatoms. The van der Waals surface area contributed by atoms with Crippen molar-refractivity contribution in [1.82, 2.24) is 0 Å². The lowest BCUT2D eigenvalue weighted by Crippen LogP contribution is -1.82. The molecule has 0 saturated carbocycles. The Labute approximate surface area is 106 Å². The summed E-state index contributed by atoms with van der Waals surface area (Å²) in [5.41, 5.74) is 0. The molecule has 0 unspecified atom stereocenters. The lowest BCUT2D eigenvalue weighted by atomic mass is 10.3. The number of phenolic OH excluding ortho intramolecular Hbond substituents is 2. The Balaban J connectivity index is 0.000000184. The second kappa shape index (κ2) is 7.50. The smallest absolute Gasteiger partial charge is 0.391 e. The Hall–Kier alpha value is -1.81. The first-order valence-electron chi connectivity index (χ1n) is 4.97. The summed E-state index contributed by atoms with van der Waals surface area (Å²) in [6.45, 7) is 0. The Bertz CT molecular complexity index is 440. The second-order valence-corrected chi connectivity index (χ2v) is 3.83. The van der Waals surface area contributed by atoms with E-state index in [9.17, 15) is 0 Å². The van der Waals surface area contributed by atoms with Gasteiger partial charge in [-0.05, 0) is 24.3 Å². The van der Waals surface area contributed by atoms with Gasteiger partial charge in [0.1, 0.15) is 5.75 Å². The van der Waals surface area contributed by atoms with Gasteiger partial charge in [-0.1, -0.05) is 30.3 Å². The normalized spacial score (nSPS) is 9.50. The Morgan fingerprint density at radius 3 is 1.56 bits per heavy atom. The van der Waals surface area contributed by atoms with Crippen LogP contribution in [0, 0.1) is 0 Å². The number of hydrogen-bond donors (Lipinski definition) is 4. The summed E-state index contributed by atoms with van der Waals surface area (Å²) in [5.74, 6) is 0.318. The van der Waals surface area contributed by atoms with Gasteiger partial charge in [-0.2, -0.15) is 0 Å². The maximum atomic E-state index is 8.67. The molecule has 5 nitrogen and oxygen atoms in total. The zero-order valence-electron chi connectivity index (χ0n) is 9.34. The average molecular weight is 268 g/mol. The van der Waals surface area contributed by atoms with E-state index in [-0.39, 0.29) is 11.5 Å². The molecule has 2 aromatic rings. The maximum Gasteiger partial charge on any atom is 0.391 e. The molecule has 0 spiro atoms. The fraction of sp³-hybridized carbons (Fsp3) is 0. The minimum Gasteiger partial charge on any atom is -0.504 e. The van der Waals surface area contributed by atoms with Crippen molar-refractivity contribution in [2.45, 2.75) is 0 Å². The number of benzene rings is 2. The van der Waals surface area contributed by atoms with Crippen molar-refractivity contribution in [3.63, 3.8) is 0 Å². The minimum atomic E-state index is -2.28.